The van der Waals surface area contributed by atoms with Gasteiger partial charge >= 0.3 is 0 Å². The van der Waals surface area contributed by atoms with E-state index < -0.39 is 0 Å². The third-order valence-electron chi connectivity index (χ3n) is 4.20. The van der Waals surface area contributed by atoms with E-state index in [1.54, 1.807) is 4.68 Å². The van der Waals surface area contributed by atoms with Gasteiger partial charge in [0.05, 0.1) is 11.4 Å². The molecule has 0 atom stereocenters. The maximum atomic E-state index is 13.0. The van der Waals surface area contributed by atoms with Crippen LogP contribution in [-0.4, -0.2) is 9.78 Å². The highest BCUT2D eigenvalue weighted by atomic mass is 16.1. The number of benzene rings is 2. The van der Waals surface area contributed by atoms with Gasteiger partial charge in [0.15, 0.2) is 0 Å². The first-order valence-corrected chi connectivity index (χ1v) is 8.43. The number of hydrogen-bond donors (Lipinski definition) is 1. The first-order chi connectivity index (χ1) is 11.5. The summed E-state index contributed by atoms with van der Waals surface area (Å²) in [6, 6.07) is 16.3. The quantitative estimate of drug-likeness (QED) is 0.746. The Kier molecular flexibility index (Phi) is 4.43. The summed E-state index contributed by atoms with van der Waals surface area (Å²) in [5.74, 6) is 0.420. The van der Waals surface area contributed by atoms with E-state index in [2.05, 4.69) is 50.1 Å². The lowest BCUT2D eigenvalue weighted by molar-refractivity contribution is 0.644. The fourth-order valence-electron chi connectivity index (χ4n) is 2.98. The van der Waals surface area contributed by atoms with Crippen LogP contribution in [0.25, 0.3) is 16.9 Å². The molecular formula is C21H24N2O. The molecule has 0 aliphatic heterocycles. The van der Waals surface area contributed by atoms with Crippen LogP contribution in [0.15, 0.2) is 53.3 Å². The molecule has 3 rings (SSSR count). The van der Waals surface area contributed by atoms with Gasteiger partial charge in [-0.2, -0.15) is 0 Å². The van der Waals surface area contributed by atoms with Crippen LogP contribution in [0, 0.1) is 19.8 Å². The summed E-state index contributed by atoms with van der Waals surface area (Å²) < 4.78 is 1.67. The molecule has 1 N–H and O–H groups in total. The summed E-state index contributed by atoms with van der Waals surface area (Å²) >= 11 is 0. The Balaban J connectivity index is 2.19. The number of H-pyrrole nitrogens is 1. The summed E-state index contributed by atoms with van der Waals surface area (Å²) in [4.78, 5) is 13.0. The van der Waals surface area contributed by atoms with Crippen molar-refractivity contribution in [3.63, 3.8) is 0 Å². The van der Waals surface area contributed by atoms with Gasteiger partial charge in [-0.25, -0.2) is 4.68 Å². The lowest BCUT2D eigenvalue weighted by atomic mass is 9.99. The zero-order valence-electron chi connectivity index (χ0n) is 14.8. The van der Waals surface area contributed by atoms with Crippen LogP contribution in [0.2, 0.25) is 0 Å². The highest BCUT2D eigenvalue weighted by Gasteiger charge is 2.17. The standard InChI is InChI=1S/C21H24N2O/c1-14(2)12-19-20(17-10-8-15(3)9-11-17)22-23(21(19)24)18-7-5-6-16(4)13-18/h5-11,13-14,22H,12H2,1-4H3. The van der Waals surface area contributed by atoms with Crippen molar-refractivity contribution in [1.29, 1.82) is 0 Å². The maximum Gasteiger partial charge on any atom is 0.275 e. The Morgan fingerprint density at radius 1 is 1.00 bits per heavy atom. The first-order valence-electron chi connectivity index (χ1n) is 8.43. The predicted molar refractivity (Wildman–Crippen MR) is 99.8 cm³/mol. The molecule has 0 unspecified atom stereocenters. The monoisotopic (exact) mass is 320 g/mol. The summed E-state index contributed by atoms with van der Waals surface area (Å²) in [5, 5.41) is 3.34. The van der Waals surface area contributed by atoms with Gasteiger partial charge in [0.2, 0.25) is 0 Å². The second-order valence-electron chi connectivity index (χ2n) is 6.91. The van der Waals surface area contributed by atoms with E-state index in [1.807, 2.05) is 31.2 Å². The maximum absolute atomic E-state index is 13.0. The first kappa shape index (κ1) is 16.3. The average Bonchev–Trinajstić information content (AvgIpc) is 2.85. The molecule has 24 heavy (non-hydrogen) atoms. The Bertz CT molecular complexity index is 898. The number of nitrogens with zero attached hydrogens (tertiary/aromatic N) is 1. The van der Waals surface area contributed by atoms with Crippen LogP contribution in [0.3, 0.4) is 0 Å². The fourth-order valence-corrected chi connectivity index (χ4v) is 2.98. The average molecular weight is 320 g/mol. The van der Waals surface area contributed by atoms with Crippen LogP contribution in [0.4, 0.5) is 0 Å². The van der Waals surface area contributed by atoms with E-state index >= 15 is 0 Å². The molecule has 0 amide bonds. The summed E-state index contributed by atoms with van der Waals surface area (Å²) in [7, 11) is 0. The van der Waals surface area contributed by atoms with Crippen LogP contribution in [-0.2, 0) is 6.42 Å². The molecule has 1 heterocycles. The van der Waals surface area contributed by atoms with Crippen molar-refractivity contribution in [1.82, 2.24) is 9.78 Å². The molecular weight excluding hydrogens is 296 g/mol. The Morgan fingerprint density at radius 2 is 1.71 bits per heavy atom. The van der Waals surface area contributed by atoms with Crippen molar-refractivity contribution in [2.24, 2.45) is 5.92 Å². The largest absolute Gasteiger partial charge is 0.290 e. The van der Waals surface area contributed by atoms with Gasteiger partial charge in [-0.15, -0.1) is 0 Å². The van der Waals surface area contributed by atoms with E-state index in [1.165, 1.54) is 5.56 Å². The SMILES string of the molecule is Cc1ccc(-c2[nH]n(-c3cccc(C)c3)c(=O)c2CC(C)C)cc1. The molecule has 3 aromatic rings. The second-order valence-corrected chi connectivity index (χ2v) is 6.91. The lowest BCUT2D eigenvalue weighted by Crippen LogP contribution is -2.18. The third kappa shape index (κ3) is 3.21. The van der Waals surface area contributed by atoms with Gasteiger partial charge in [0.1, 0.15) is 0 Å². The van der Waals surface area contributed by atoms with E-state index in [-0.39, 0.29) is 5.56 Å². The van der Waals surface area contributed by atoms with E-state index in [9.17, 15) is 4.79 Å². The number of aromatic nitrogens is 2. The van der Waals surface area contributed by atoms with Gasteiger partial charge < -0.3 is 0 Å². The molecule has 1 aromatic heterocycles. The van der Waals surface area contributed by atoms with Crippen molar-refractivity contribution >= 4 is 0 Å². The third-order valence-corrected chi connectivity index (χ3v) is 4.20. The molecule has 0 saturated heterocycles. The molecule has 3 heteroatoms. The van der Waals surface area contributed by atoms with Crippen LogP contribution in [0.1, 0.15) is 30.5 Å². The van der Waals surface area contributed by atoms with Crippen molar-refractivity contribution in [3.8, 4) is 16.9 Å². The summed E-state index contributed by atoms with van der Waals surface area (Å²) in [6.45, 7) is 8.39. The molecule has 0 spiro atoms. The van der Waals surface area contributed by atoms with Crippen LogP contribution in [0.5, 0.6) is 0 Å². The van der Waals surface area contributed by atoms with E-state index in [4.69, 9.17) is 0 Å². The minimum atomic E-state index is 0.0462. The smallest absolute Gasteiger partial charge is 0.275 e. The number of aryl methyl sites for hydroxylation is 2. The van der Waals surface area contributed by atoms with Gasteiger partial charge in [0, 0.05) is 5.56 Å². The Hall–Kier alpha value is -2.55. The number of nitrogens with one attached hydrogen (secondary N) is 1. The highest BCUT2D eigenvalue weighted by molar-refractivity contribution is 5.63. The van der Waals surface area contributed by atoms with Crippen LogP contribution < -0.4 is 5.56 Å². The molecule has 3 nitrogen and oxygen atoms in total. The normalized spacial score (nSPS) is 11.2. The molecule has 124 valence electrons. The number of hydrogen-bond acceptors (Lipinski definition) is 1. The predicted octanol–water partition coefficient (Wildman–Crippen LogP) is 4.65. The molecule has 0 bridgehead atoms. The lowest BCUT2D eigenvalue weighted by Gasteiger charge is -2.05. The number of rotatable bonds is 4. The molecule has 0 aliphatic rings. The van der Waals surface area contributed by atoms with E-state index in [0.717, 1.165) is 34.5 Å². The molecule has 0 saturated carbocycles. The Morgan fingerprint density at radius 3 is 2.33 bits per heavy atom. The van der Waals surface area contributed by atoms with E-state index in [0.29, 0.717) is 5.92 Å². The van der Waals surface area contributed by atoms with Crippen molar-refractivity contribution in [3.05, 3.63) is 75.6 Å². The zero-order valence-corrected chi connectivity index (χ0v) is 14.8. The van der Waals surface area contributed by atoms with Gasteiger partial charge in [-0.1, -0.05) is 55.8 Å². The van der Waals surface area contributed by atoms with Crippen molar-refractivity contribution in [2.75, 3.05) is 0 Å². The Labute approximate surface area is 143 Å². The topological polar surface area (TPSA) is 37.8 Å². The minimum absolute atomic E-state index is 0.0462. The van der Waals surface area contributed by atoms with Crippen molar-refractivity contribution < 1.29 is 0 Å². The molecule has 0 aliphatic carbocycles. The van der Waals surface area contributed by atoms with Gasteiger partial charge in [-0.3, -0.25) is 9.89 Å². The highest BCUT2D eigenvalue weighted by Crippen LogP contribution is 2.23. The van der Waals surface area contributed by atoms with Crippen LogP contribution >= 0.6 is 0 Å². The second kappa shape index (κ2) is 6.52. The van der Waals surface area contributed by atoms with Crippen molar-refractivity contribution in [2.45, 2.75) is 34.1 Å². The van der Waals surface area contributed by atoms with Gasteiger partial charge in [0.25, 0.3) is 5.56 Å². The molecule has 0 fully saturated rings. The minimum Gasteiger partial charge on any atom is -0.290 e. The summed E-state index contributed by atoms with van der Waals surface area (Å²) in [5.41, 5.74) is 6.11. The fraction of sp³-hybridized carbons (Fsp3) is 0.286. The van der Waals surface area contributed by atoms with Gasteiger partial charge in [-0.05, 0) is 49.4 Å². The number of aromatic amines is 1. The summed E-state index contributed by atoms with van der Waals surface area (Å²) in [6.07, 6.45) is 0.761. The zero-order chi connectivity index (χ0) is 17.3. The molecule has 2 aromatic carbocycles. The molecule has 0 radical (unpaired) electrons.